The molecule has 0 fully saturated rings. The summed E-state index contributed by atoms with van der Waals surface area (Å²) in [4.78, 5) is 9.22. The van der Waals surface area contributed by atoms with E-state index in [4.69, 9.17) is 17.7 Å². The zero-order valence-electron chi connectivity index (χ0n) is 10.4. The first-order valence-electron chi connectivity index (χ1n) is 5.59. The van der Waals surface area contributed by atoms with Crippen LogP contribution >= 0.6 is 11.3 Å². The molecule has 0 saturated heterocycles. The molecule has 0 bridgehead atoms. The molecule has 19 heavy (non-hydrogen) atoms. The summed E-state index contributed by atoms with van der Waals surface area (Å²) in [5.74, 6) is 4.81. The number of thiazole rings is 1. The van der Waals surface area contributed by atoms with E-state index in [2.05, 4.69) is 22.0 Å². The van der Waals surface area contributed by atoms with Gasteiger partial charge >= 0.3 is 0 Å². The lowest BCUT2D eigenvalue weighted by molar-refractivity contribution is 0.172. The number of hydrogen-bond donors (Lipinski definition) is 1. The highest BCUT2D eigenvalue weighted by Crippen LogP contribution is 2.33. The summed E-state index contributed by atoms with van der Waals surface area (Å²) >= 11 is 1.40. The topological polar surface area (TPSA) is 54.7 Å². The van der Waals surface area contributed by atoms with Crippen molar-refractivity contribution in [2.75, 3.05) is 6.61 Å². The van der Waals surface area contributed by atoms with Crippen molar-refractivity contribution in [2.45, 2.75) is 19.4 Å². The van der Waals surface area contributed by atoms with Crippen LogP contribution in [-0.4, -0.2) is 28.5 Å². The number of nitrogens with zero attached hydrogens (tertiary/aromatic N) is 2. The predicted molar refractivity (Wildman–Crippen MR) is 75.5 cm³/mol. The Kier molecular flexibility index (Phi) is 4.01. The Morgan fingerprint density at radius 3 is 3.05 bits per heavy atom. The summed E-state index contributed by atoms with van der Waals surface area (Å²) in [6.07, 6.45) is 10.1. The van der Waals surface area contributed by atoms with Crippen molar-refractivity contribution in [3.63, 3.8) is 0 Å². The summed E-state index contributed by atoms with van der Waals surface area (Å²) in [5, 5.41) is 16.4. The van der Waals surface area contributed by atoms with Crippen LogP contribution in [0.15, 0.2) is 16.1 Å². The predicted octanol–water partition coefficient (Wildman–Crippen LogP) is 1.67. The van der Waals surface area contributed by atoms with Gasteiger partial charge in [0.05, 0.1) is 11.4 Å². The van der Waals surface area contributed by atoms with Gasteiger partial charge in [-0.15, -0.1) is 24.2 Å². The van der Waals surface area contributed by atoms with Crippen molar-refractivity contribution in [1.82, 2.24) is 4.98 Å². The van der Waals surface area contributed by atoms with Gasteiger partial charge in [-0.1, -0.05) is 11.1 Å². The van der Waals surface area contributed by atoms with Gasteiger partial charge in [-0.05, 0) is 24.0 Å². The van der Waals surface area contributed by atoms with Crippen LogP contribution in [0.25, 0.3) is 5.57 Å². The third-order valence-electron chi connectivity index (χ3n) is 2.83. The van der Waals surface area contributed by atoms with Crippen molar-refractivity contribution >= 4 is 22.6 Å². The largest absolute Gasteiger partial charge is 0.383 e. The van der Waals surface area contributed by atoms with Gasteiger partial charge in [0.25, 0.3) is 0 Å². The van der Waals surface area contributed by atoms with Crippen LogP contribution in [0.5, 0.6) is 0 Å². The number of aromatic nitrogens is 1. The Morgan fingerprint density at radius 2 is 2.42 bits per heavy atom. The highest BCUT2D eigenvalue weighted by molar-refractivity contribution is 7.10. The lowest BCUT2D eigenvalue weighted by Crippen LogP contribution is -2.15. The highest BCUT2D eigenvalue weighted by atomic mass is 32.1. The molecule has 0 aliphatic heterocycles. The summed E-state index contributed by atoms with van der Waals surface area (Å²) in [6, 6.07) is 0. The molecule has 1 unspecified atom stereocenters. The molecule has 4 nitrogen and oxygen atoms in total. The quantitative estimate of drug-likeness (QED) is 0.517. The van der Waals surface area contributed by atoms with Crippen LogP contribution in [0.4, 0.5) is 0 Å². The molecule has 2 rings (SSSR count). The molecule has 0 saturated carbocycles. The molecule has 1 atom stereocenters. The van der Waals surface area contributed by atoms with Gasteiger partial charge in [-0.25, -0.2) is 4.98 Å². The first-order chi connectivity index (χ1) is 9.17. The second-order valence-corrected chi connectivity index (χ2v) is 4.84. The number of hydrogen-bond acceptors (Lipinski definition) is 5. The monoisotopic (exact) mass is 272 g/mol. The second kappa shape index (κ2) is 5.71. The van der Waals surface area contributed by atoms with Gasteiger partial charge in [0.1, 0.15) is 6.10 Å². The zero-order valence-corrected chi connectivity index (χ0v) is 11.2. The summed E-state index contributed by atoms with van der Waals surface area (Å²) < 4.78 is 0. The molecule has 5 heteroatoms. The Hall–Kier alpha value is -2.08. The van der Waals surface area contributed by atoms with Gasteiger partial charge in [-0.3, -0.25) is 0 Å². The number of terminal acetylenes is 2. The molecule has 1 aliphatic carbocycles. The molecule has 1 N–H and O–H groups in total. The smallest absolute Gasteiger partial charge is 0.177 e. The van der Waals surface area contributed by atoms with Crippen molar-refractivity contribution in [3.8, 4) is 24.7 Å². The average Bonchev–Trinajstić information content (AvgIpc) is 2.99. The fourth-order valence-corrected chi connectivity index (χ4v) is 2.48. The van der Waals surface area contributed by atoms with Gasteiger partial charge in [0, 0.05) is 11.8 Å². The first kappa shape index (κ1) is 13.4. The molecule has 1 aromatic rings. The van der Waals surface area contributed by atoms with E-state index in [-0.39, 0.29) is 6.61 Å². The van der Waals surface area contributed by atoms with Gasteiger partial charge in [0.15, 0.2) is 11.6 Å². The van der Waals surface area contributed by atoms with Crippen LogP contribution in [0.1, 0.15) is 24.0 Å². The number of oxime groups is 1. The first-order valence-corrected chi connectivity index (χ1v) is 6.47. The molecule has 0 radical (unpaired) electrons. The molecule has 0 aromatic carbocycles. The van der Waals surface area contributed by atoms with Crippen LogP contribution in [-0.2, 0) is 4.84 Å². The molecule has 1 heterocycles. The Morgan fingerprint density at radius 1 is 1.63 bits per heavy atom. The number of aliphatic hydroxyl groups is 1. The third-order valence-corrected chi connectivity index (χ3v) is 3.60. The molecule has 0 amide bonds. The van der Waals surface area contributed by atoms with E-state index in [1.54, 1.807) is 0 Å². The van der Waals surface area contributed by atoms with E-state index in [0.717, 1.165) is 16.8 Å². The van der Waals surface area contributed by atoms with Crippen LogP contribution in [0.3, 0.4) is 0 Å². The summed E-state index contributed by atoms with van der Waals surface area (Å²) in [5.41, 5.74) is 3.08. The maximum absolute atomic E-state index is 10.1. The minimum Gasteiger partial charge on any atom is -0.383 e. The summed E-state index contributed by atoms with van der Waals surface area (Å²) in [7, 11) is 0. The molecule has 0 spiro atoms. The van der Waals surface area contributed by atoms with E-state index < -0.39 is 6.10 Å². The van der Waals surface area contributed by atoms with E-state index in [1.807, 2.05) is 12.3 Å². The zero-order chi connectivity index (χ0) is 13.8. The van der Waals surface area contributed by atoms with E-state index in [0.29, 0.717) is 17.1 Å². The number of aliphatic hydroxyl groups excluding tert-OH is 1. The highest BCUT2D eigenvalue weighted by Gasteiger charge is 2.29. The fourth-order valence-electron chi connectivity index (χ4n) is 1.84. The van der Waals surface area contributed by atoms with E-state index >= 15 is 0 Å². The summed E-state index contributed by atoms with van der Waals surface area (Å²) in [6.45, 7) is 1.93. The number of rotatable bonds is 3. The van der Waals surface area contributed by atoms with Gasteiger partial charge in [-0.2, -0.15) is 0 Å². The van der Waals surface area contributed by atoms with E-state index in [1.165, 1.54) is 11.3 Å². The third kappa shape index (κ3) is 2.68. The van der Waals surface area contributed by atoms with Gasteiger partial charge in [0.2, 0.25) is 0 Å². The molecule has 96 valence electrons. The molecule has 1 aliphatic rings. The van der Waals surface area contributed by atoms with Crippen LogP contribution in [0, 0.1) is 24.7 Å². The Balaban J connectivity index is 2.21. The van der Waals surface area contributed by atoms with Crippen LogP contribution in [0.2, 0.25) is 0 Å². The lowest BCUT2D eigenvalue weighted by atomic mass is 10.1. The van der Waals surface area contributed by atoms with Crippen molar-refractivity contribution < 1.29 is 9.94 Å². The SMILES string of the molecule is C#CCO/N=C1\CC(c2csc(C#C)n2)=C(C)C1O. The maximum Gasteiger partial charge on any atom is 0.177 e. The maximum atomic E-state index is 10.1. The van der Waals surface area contributed by atoms with Crippen molar-refractivity contribution in [2.24, 2.45) is 5.16 Å². The Bertz CT molecular complexity index is 629. The molecular formula is C14H12N2O2S. The second-order valence-electron chi connectivity index (χ2n) is 3.98. The van der Waals surface area contributed by atoms with Crippen LogP contribution < -0.4 is 0 Å². The van der Waals surface area contributed by atoms with Crippen molar-refractivity contribution in [1.29, 1.82) is 0 Å². The van der Waals surface area contributed by atoms with Crippen molar-refractivity contribution in [3.05, 3.63) is 21.7 Å². The standard InChI is InChI=1S/C14H12N2O2S/c1-4-6-18-16-11-7-10(9(3)14(11)17)12-8-19-13(5-2)15-12/h1-2,8,14,17H,6-7H2,3H3/b16-11+. The minimum absolute atomic E-state index is 0.0859. The minimum atomic E-state index is -0.747. The molecule has 1 aromatic heterocycles. The normalized spacial score (nSPS) is 20.4. The average molecular weight is 272 g/mol. The Labute approximate surface area is 115 Å². The molecular weight excluding hydrogens is 260 g/mol. The van der Waals surface area contributed by atoms with E-state index in [9.17, 15) is 5.11 Å². The number of allylic oxidation sites excluding steroid dienone is 1. The fraction of sp³-hybridized carbons (Fsp3) is 0.286. The van der Waals surface area contributed by atoms with Gasteiger partial charge < -0.3 is 9.94 Å². The lowest BCUT2D eigenvalue weighted by Gasteiger charge is -2.04.